The van der Waals surface area contributed by atoms with Crippen LogP contribution in [0.4, 0.5) is 0 Å². The third-order valence-electron chi connectivity index (χ3n) is 3.04. The molecule has 0 saturated carbocycles. The van der Waals surface area contributed by atoms with Crippen LogP contribution in [0.5, 0.6) is 0 Å². The molecule has 11 N–H and O–H groups in total. The molecule has 152 valence electrons. The summed E-state index contributed by atoms with van der Waals surface area (Å²) in [7, 11) is 0. The number of rotatable bonds is 12. The molecule has 0 bridgehead atoms. The zero-order valence-corrected chi connectivity index (χ0v) is 14.1. The number of aliphatic hydroxyl groups is 1. The lowest BCUT2D eigenvalue weighted by molar-refractivity contribution is -0.143. The summed E-state index contributed by atoms with van der Waals surface area (Å²) in [4.78, 5) is 67.9. The number of carboxylic acid groups (broad SMARTS) is 1. The average molecular weight is 390 g/mol. The van der Waals surface area contributed by atoms with E-state index in [4.69, 9.17) is 27.4 Å². The van der Waals surface area contributed by atoms with Gasteiger partial charge in [-0.15, -0.1) is 0 Å². The molecule has 0 aliphatic carbocycles. The number of nitrogens with one attached hydrogen (secondary N) is 3. The fourth-order valence-corrected chi connectivity index (χ4v) is 1.72. The molecule has 14 nitrogen and oxygen atoms in total. The van der Waals surface area contributed by atoms with Gasteiger partial charge in [-0.2, -0.15) is 0 Å². The van der Waals surface area contributed by atoms with Crippen molar-refractivity contribution < 1.29 is 39.0 Å². The molecular formula is C13H22N6O8. The minimum Gasteiger partial charge on any atom is -0.480 e. The minimum absolute atomic E-state index is 0.447. The van der Waals surface area contributed by atoms with E-state index in [1.807, 2.05) is 5.32 Å². The number of hydrogen-bond acceptors (Lipinski definition) is 8. The molecule has 0 heterocycles. The van der Waals surface area contributed by atoms with Crippen molar-refractivity contribution in [3.63, 3.8) is 0 Å². The number of hydrogen-bond donors (Lipinski definition) is 8. The first-order chi connectivity index (χ1) is 12.5. The fraction of sp³-hybridized carbons (Fsp3) is 0.538. The Morgan fingerprint density at radius 2 is 1.41 bits per heavy atom. The molecule has 0 aromatic rings. The number of carbonyl (C=O) groups excluding carboxylic acids is 5. The summed E-state index contributed by atoms with van der Waals surface area (Å²) in [6, 6.07) is -4.48. The number of primary amides is 2. The molecule has 0 aromatic heterocycles. The molecule has 0 aromatic carbocycles. The van der Waals surface area contributed by atoms with Crippen molar-refractivity contribution >= 4 is 35.5 Å². The van der Waals surface area contributed by atoms with Gasteiger partial charge in [-0.3, -0.25) is 24.0 Å². The Bertz CT molecular complexity index is 610. The van der Waals surface area contributed by atoms with Crippen LogP contribution < -0.4 is 33.2 Å². The summed E-state index contributed by atoms with van der Waals surface area (Å²) < 4.78 is 0. The fourth-order valence-electron chi connectivity index (χ4n) is 1.72. The summed E-state index contributed by atoms with van der Waals surface area (Å²) in [6.45, 7) is -1.58. The number of amides is 5. The van der Waals surface area contributed by atoms with Gasteiger partial charge in [0.25, 0.3) is 0 Å². The highest BCUT2D eigenvalue weighted by molar-refractivity contribution is 5.95. The number of carboxylic acids is 1. The second-order valence-corrected chi connectivity index (χ2v) is 5.37. The lowest BCUT2D eigenvalue weighted by atomic mass is 10.1. The van der Waals surface area contributed by atoms with Gasteiger partial charge in [-0.05, 0) is 0 Å². The summed E-state index contributed by atoms with van der Waals surface area (Å²) in [5.41, 5.74) is 15.2. The second kappa shape index (κ2) is 11.4. The predicted octanol–water partition coefficient (Wildman–Crippen LogP) is -5.77. The van der Waals surface area contributed by atoms with E-state index in [0.717, 1.165) is 0 Å². The van der Waals surface area contributed by atoms with Crippen LogP contribution in [-0.2, 0) is 28.8 Å². The summed E-state index contributed by atoms with van der Waals surface area (Å²) in [5.74, 6) is -6.19. The lowest BCUT2D eigenvalue weighted by Gasteiger charge is -2.20. The van der Waals surface area contributed by atoms with Crippen molar-refractivity contribution in [3.05, 3.63) is 0 Å². The van der Waals surface area contributed by atoms with Gasteiger partial charge < -0.3 is 43.4 Å². The highest BCUT2D eigenvalue weighted by Crippen LogP contribution is 1.95. The van der Waals surface area contributed by atoms with Crippen LogP contribution in [-0.4, -0.2) is 77.0 Å². The minimum atomic E-state index is -1.66. The largest absolute Gasteiger partial charge is 0.480 e. The monoisotopic (exact) mass is 390 g/mol. The maximum absolute atomic E-state index is 12.0. The van der Waals surface area contributed by atoms with E-state index in [1.165, 1.54) is 0 Å². The van der Waals surface area contributed by atoms with Crippen LogP contribution in [0.1, 0.15) is 12.8 Å². The van der Waals surface area contributed by atoms with Gasteiger partial charge in [-0.1, -0.05) is 0 Å². The van der Waals surface area contributed by atoms with Crippen LogP contribution >= 0.6 is 0 Å². The molecule has 3 atom stereocenters. The Kier molecular flexibility index (Phi) is 10.0. The first-order valence-electron chi connectivity index (χ1n) is 7.51. The van der Waals surface area contributed by atoms with Gasteiger partial charge in [0, 0.05) is 0 Å². The van der Waals surface area contributed by atoms with Crippen LogP contribution in [0.2, 0.25) is 0 Å². The van der Waals surface area contributed by atoms with E-state index in [1.54, 1.807) is 0 Å². The van der Waals surface area contributed by atoms with Crippen molar-refractivity contribution in [3.8, 4) is 0 Å². The van der Waals surface area contributed by atoms with E-state index < -0.39 is 79.6 Å². The molecule has 14 heteroatoms. The highest BCUT2D eigenvalue weighted by Gasteiger charge is 2.27. The maximum atomic E-state index is 12.0. The van der Waals surface area contributed by atoms with Crippen molar-refractivity contribution in [1.82, 2.24) is 16.0 Å². The van der Waals surface area contributed by atoms with Crippen LogP contribution in [0, 0.1) is 0 Å². The first kappa shape index (κ1) is 23.7. The van der Waals surface area contributed by atoms with Gasteiger partial charge >= 0.3 is 5.97 Å². The van der Waals surface area contributed by atoms with Gasteiger partial charge in [0.1, 0.15) is 12.1 Å². The van der Waals surface area contributed by atoms with Crippen molar-refractivity contribution in [2.75, 3.05) is 13.2 Å². The zero-order valence-electron chi connectivity index (χ0n) is 14.1. The SMILES string of the molecule is NC(=O)CC(N)C(=O)NCC(=O)NC(CC(N)=O)C(=O)NC(CO)C(=O)O. The summed E-state index contributed by atoms with van der Waals surface area (Å²) >= 11 is 0. The van der Waals surface area contributed by atoms with Crippen molar-refractivity contribution in [1.29, 1.82) is 0 Å². The molecular weight excluding hydrogens is 368 g/mol. The number of nitrogens with two attached hydrogens (primary N) is 3. The Balaban J connectivity index is 4.79. The van der Waals surface area contributed by atoms with Crippen molar-refractivity contribution in [2.45, 2.75) is 31.0 Å². The molecule has 0 radical (unpaired) electrons. The third-order valence-corrected chi connectivity index (χ3v) is 3.04. The molecule has 0 aliphatic heterocycles. The average Bonchev–Trinajstić information content (AvgIpc) is 2.55. The normalized spacial score (nSPS) is 13.6. The van der Waals surface area contributed by atoms with Crippen LogP contribution in [0.15, 0.2) is 0 Å². The van der Waals surface area contributed by atoms with Gasteiger partial charge in [-0.25, -0.2) is 4.79 Å². The maximum Gasteiger partial charge on any atom is 0.328 e. The molecule has 0 saturated heterocycles. The van der Waals surface area contributed by atoms with Gasteiger partial charge in [0.05, 0.1) is 32.0 Å². The summed E-state index contributed by atoms with van der Waals surface area (Å²) in [5, 5.41) is 23.7. The Labute approximate surface area is 152 Å². The molecule has 0 spiro atoms. The van der Waals surface area contributed by atoms with E-state index in [9.17, 15) is 28.8 Å². The number of carbonyl (C=O) groups is 6. The van der Waals surface area contributed by atoms with Gasteiger partial charge in [0.15, 0.2) is 0 Å². The number of aliphatic hydroxyl groups excluding tert-OH is 1. The molecule has 0 fully saturated rings. The Morgan fingerprint density at radius 1 is 0.852 bits per heavy atom. The van der Waals surface area contributed by atoms with Crippen LogP contribution in [0.25, 0.3) is 0 Å². The quantitative estimate of drug-likeness (QED) is 0.157. The van der Waals surface area contributed by atoms with Crippen molar-refractivity contribution in [2.24, 2.45) is 17.2 Å². The number of aliphatic carboxylic acids is 1. The van der Waals surface area contributed by atoms with E-state index >= 15 is 0 Å². The Hall–Kier alpha value is -3.26. The second-order valence-electron chi connectivity index (χ2n) is 5.37. The molecule has 3 unspecified atom stereocenters. The summed E-state index contributed by atoms with van der Waals surface area (Å²) in [6.07, 6.45) is -1.11. The lowest BCUT2D eigenvalue weighted by Crippen LogP contribution is -2.55. The topological polar surface area (TPSA) is 257 Å². The molecule has 5 amide bonds. The van der Waals surface area contributed by atoms with E-state index in [0.29, 0.717) is 0 Å². The first-order valence-corrected chi connectivity index (χ1v) is 7.51. The molecule has 0 rings (SSSR count). The van der Waals surface area contributed by atoms with E-state index in [2.05, 4.69) is 10.6 Å². The third kappa shape index (κ3) is 9.71. The zero-order chi connectivity index (χ0) is 21.1. The Morgan fingerprint density at radius 3 is 1.85 bits per heavy atom. The molecule has 27 heavy (non-hydrogen) atoms. The van der Waals surface area contributed by atoms with E-state index in [-0.39, 0.29) is 0 Å². The predicted molar refractivity (Wildman–Crippen MR) is 87.2 cm³/mol. The highest BCUT2D eigenvalue weighted by atomic mass is 16.4. The smallest absolute Gasteiger partial charge is 0.328 e. The van der Waals surface area contributed by atoms with Gasteiger partial charge in [0.2, 0.25) is 29.5 Å². The molecule has 0 aliphatic rings. The van der Waals surface area contributed by atoms with Crippen LogP contribution in [0.3, 0.4) is 0 Å². The standard InChI is InChI=1S/C13H22N6O8/c14-5(1-8(15)21)11(24)17-3-10(23)18-6(2-9(16)22)12(25)19-7(4-20)13(26)27/h5-7,20H,1-4,14H2,(H2,15,21)(H2,16,22)(H,17,24)(H,18,23)(H,19,25)(H,26,27).